The highest BCUT2D eigenvalue weighted by Gasteiger charge is 2.16. The molecule has 206 valence electrons. The van der Waals surface area contributed by atoms with Crippen molar-refractivity contribution in [2.24, 2.45) is 5.10 Å². The molecule has 7 nitrogen and oxygen atoms in total. The fourth-order valence-corrected chi connectivity index (χ4v) is 4.98. The minimum atomic E-state index is -0.227. The van der Waals surface area contributed by atoms with Crippen LogP contribution in [0.1, 0.15) is 49.2 Å². The molecule has 0 unspecified atom stereocenters. The number of allylic oxidation sites excluding steroid dienone is 1. The summed E-state index contributed by atoms with van der Waals surface area (Å²) in [6, 6.07) is 24.0. The molecule has 0 bridgehead atoms. The number of hydrazone groups is 1. The predicted molar refractivity (Wildman–Crippen MR) is 166 cm³/mol. The third kappa shape index (κ3) is 8.07. The fourth-order valence-electron chi connectivity index (χ4n) is 3.99. The van der Waals surface area contributed by atoms with Crippen LogP contribution in [0.25, 0.3) is 11.8 Å². The highest BCUT2D eigenvalue weighted by atomic mass is 35.5. The van der Waals surface area contributed by atoms with Crippen LogP contribution in [0.4, 0.5) is 5.69 Å². The molecule has 4 rings (SSSR count). The first-order valence-electron chi connectivity index (χ1n) is 13.0. The van der Waals surface area contributed by atoms with Gasteiger partial charge in [0.05, 0.1) is 18.5 Å². The highest BCUT2D eigenvalue weighted by molar-refractivity contribution is 7.99. The van der Waals surface area contributed by atoms with Gasteiger partial charge in [-0.3, -0.25) is 9.36 Å². The maximum absolute atomic E-state index is 12.5. The minimum absolute atomic E-state index is 0.144. The Kier molecular flexibility index (Phi) is 10.2. The Balaban J connectivity index is 1.38. The van der Waals surface area contributed by atoms with Crippen LogP contribution in [-0.2, 0) is 11.3 Å². The van der Waals surface area contributed by atoms with Crippen molar-refractivity contribution < 1.29 is 4.79 Å². The van der Waals surface area contributed by atoms with Gasteiger partial charge in [-0.25, -0.2) is 5.43 Å². The van der Waals surface area contributed by atoms with Crippen LogP contribution in [-0.4, -0.2) is 32.6 Å². The number of halogens is 1. The Labute approximate surface area is 244 Å². The Bertz CT molecular complexity index is 1500. The fraction of sp³-hybridized carbons (Fsp3) is 0.226. The zero-order valence-corrected chi connectivity index (χ0v) is 24.6. The summed E-state index contributed by atoms with van der Waals surface area (Å²) in [5, 5.41) is 17.6. The molecule has 1 heterocycles. The third-order valence-corrected chi connectivity index (χ3v) is 7.29. The average Bonchev–Trinajstić information content (AvgIpc) is 3.35. The van der Waals surface area contributed by atoms with Gasteiger partial charge >= 0.3 is 0 Å². The van der Waals surface area contributed by atoms with E-state index in [-0.39, 0.29) is 11.7 Å². The second-order valence-corrected chi connectivity index (χ2v) is 11.1. The number of carbonyl (C=O) groups is 1. The van der Waals surface area contributed by atoms with Crippen molar-refractivity contribution in [1.29, 1.82) is 0 Å². The third-order valence-electron chi connectivity index (χ3n) is 6.13. The summed E-state index contributed by atoms with van der Waals surface area (Å²) in [4.78, 5) is 12.5. The van der Waals surface area contributed by atoms with E-state index >= 15 is 0 Å². The monoisotopic (exact) mass is 572 g/mol. The number of anilines is 1. The van der Waals surface area contributed by atoms with Crippen molar-refractivity contribution in [1.82, 2.24) is 20.2 Å². The molecule has 9 heteroatoms. The largest absolute Gasteiger partial charge is 0.378 e. The number of aryl methyl sites for hydroxylation is 1. The molecule has 0 radical (unpaired) electrons. The molecule has 1 amide bonds. The number of para-hydroxylation sites is 1. The van der Waals surface area contributed by atoms with E-state index in [1.807, 2.05) is 73.0 Å². The highest BCUT2D eigenvalue weighted by Crippen LogP contribution is 2.24. The number of thioether (sulfide) groups is 1. The van der Waals surface area contributed by atoms with Gasteiger partial charge in [0.1, 0.15) is 0 Å². The topological polar surface area (TPSA) is 84.2 Å². The zero-order chi connectivity index (χ0) is 28.5. The normalized spacial score (nSPS) is 11.8. The molecule has 1 aromatic heterocycles. The maximum Gasteiger partial charge on any atom is 0.250 e. The van der Waals surface area contributed by atoms with Gasteiger partial charge in [0.25, 0.3) is 5.91 Å². The zero-order valence-electron chi connectivity index (χ0n) is 23.1. The summed E-state index contributed by atoms with van der Waals surface area (Å²) in [5.41, 5.74) is 8.86. The molecular weight excluding hydrogens is 540 g/mol. The molecular formula is C31H33ClN6OS. The first-order valence-corrected chi connectivity index (χ1v) is 14.4. The van der Waals surface area contributed by atoms with Crippen molar-refractivity contribution in [3.63, 3.8) is 0 Å². The molecule has 2 N–H and O–H groups in total. The standard InChI is InChI=1S/C31H33ClN6OS/c1-21(2)25-12-10-24(11-13-25)16-22(3)18-34-36-30(39)20-40-31-37-35-29(38(31)27-8-6-5-7-9-27)19-33-28-15-14-26(32)17-23(28)4/h5-18,21,33H,19-20H2,1-4H3,(H,36,39)/b22-16-,34-18?. The molecule has 40 heavy (non-hydrogen) atoms. The second kappa shape index (κ2) is 14.0. The molecule has 0 fully saturated rings. The predicted octanol–water partition coefficient (Wildman–Crippen LogP) is 7.26. The van der Waals surface area contributed by atoms with Gasteiger partial charge in [-0.2, -0.15) is 5.10 Å². The van der Waals surface area contributed by atoms with E-state index in [9.17, 15) is 4.79 Å². The first kappa shape index (κ1) is 29.1. The van der Waals surface area contributed by atoms with Crippen molar-refractivity contribution >= 4 is 47.2 Å². The van der Waals surface area contributed by atoms with E-state index in [1.165, 1.54) is 17.3 Å². The molecule has 4 aromatic rings. The smallest absolute Gasteiger partial charge is 0.250 e. The molecule has 0 aliphatic carbocycles. The van der Waals surface area contributed by atoms with Crippen molar-refractivity contribution in [3.8, 4) is 5.69 Å². The second-order valence-electron chi connectivity index (χ2n) is 9.67. The van der Waals surface area contributed by atoms with E-state index in [0.29, 0.717) is 22.6 Å². The van der Waals surface area contributed by atoms with Crippen LogP contribution >= 0.6 is 23.4 Å². The van der Waals surface area contributed by atoms with Crippen LogP contribution in [0.5, 0.6) is 0 Å². The van der Waals surface area contributed by atoms with Crippen LogP contribution in [0.15, 0.2) is 88.6 Å². The number of nitrogens with one attached hydrogen (secondary N) is 2. The van der Waals surface area contributed by atoms with Crippen molar-refractivity contribution in [2.45, 2.75) is 45.3 Å². The lowest BCUT2D eigenvalue weighted by molar-refractivity contribution is -0.118. The van der Waals surface area contributed by atoms with E-state index in [4.69, 9.17) is 11.6 Å². The molecule has 0 spiro atoms. The SMILES string of the molecule is C/C(C=NNC(=O)CSc1nnc(CNc2ccc(Cl)cc2C)n1-c1ccccc1)=C/c1ccc(C(C)C)cc1. The van der Waals surface area contributed by atoms with Gasteiger partial charge in [0, 0.05) is 16.4 Å². The maximum atomic E-state index is 12.5. The van der Waals surface area contributed by atoms with Crippen LogP contribution in [0.3, 0.4) is 0 Å². The van der Waals surface area contributed by atoms with E-state index < -0.39 is 0 Å². The Morgan fingerprint density at radius 2 is 1.82 bits per heavy atom. The van der Waals surface area contributed by atoms with E-state index in [2.05, 4.69) is 64.2 Å². The van der Waals surface area contributed by atoms with Gasteiger partial charge in [-0.15, -0.1) is 10.2 Å². The Morgan fingerprint density at radius 1 is 1.07 bits per heavy atom. The van der Waals surface area contributed by atoms with Crippen molar-refractivity contribution in [2.75, 3.05) is 11.1 Å². The van der Waals surface area contributed by atoms with Gasteiger partial charge < -0.3 is 5.32 Å². The van der Waals surface area contributed by atoms with Crippen LogP contribution < -0.4 is 10.7 Å². The summed E-state index contributed by atoms with van der Waals surface area (Å²) >= 11 is 7.40. The molecule has 0 aliphatic rings. The van der Waals surface area contributed by atoms with Gasteiger partial charge in [0.2, 0.25) is 0 Å². The van der Waals surface area contributed by atoms with Crippen LogP contribution in [0, 0.1) is 6.92 Å². The molecule has 3 aromatic carbocycles. The first-order chi connectivity index (χ1) is 19.3. The van der Waals surface area contributed by atoms with Gasteiger partial charge in [-0.05, 0) is 72.4 Å². The number of carbonyl (C=O) groups excluding carboxylic acids is 1. The summed E-state index contributed by atoms with van der Waals surface area (Å²) in [5.74, 6) is 1.14. The molecule has 0 aliphatic heterocycles. The van der Waals surface area contributed by atoms with Gasteiger partial charge in [-0.1, -0.05) is 85.8 Å². The number of aromatic nitrogens is 3. The molecule has 0 saturated heterocycles. The number of amides is 1. The van der Waals surface area contributed by atoms with Gasteiger partial charge in [0.15, 0.2) is 11.0 Å². The summed E-state index contributed by atoms with van der Waals surface area (Å²) in [6.45, 7) is 8.75. The minimum Gasteiger partial charge on any atom is -0.378 e. The van der Waals surface area contributed by atoms with E-state index in [0.717, 1.165) is 33.9 Å². The van der Waals surface area contributed by atoms with E-state index in [1.54, 1.807) is 6.21 Å². The average molecular weight is 573 g/mol. The summed E-state index contributed by atoms with van der Waals surface area (Å²) in [7, 11) is 0. The quantitative estimate of drug-likeness (QED) is 0.112. The van der Waals surface area contributed by atoms with Crippen LogP contribution in [0.2, 0.25) is 5.02 Å². The summed E-state index contributed by atoms with van der Waals surface area (Å²) in [6.07, 6.45) is 3.67. The lowest BCUT2D eigenvalue weighted by Gasteiger charge is -2.12. The Morgan fingerprint density at radius 3 is 2.52 bits per heavy atom. The molecule has 0 saturated carbocycles. The number of rotatable bonds is 11. The lowest BCUT2D eigenvalue weighted by Crippen LogP contribution is -2.20. The summed E-state index contributed by atoms with van der Waals surface area (Å²) < 4.78 is 1.96. The lowest BCUT2D eigenvalue weighted by atomic mass is 10.0. The van der Waals surface area contributed by atoms with Crippen molar-refractivity contribution in [3.05, 3.63) is 106 Å². The Hall–Kier alpha value is -3.88. The molecule has 0 atom stereocenters. The number of hydrogen-bond acceptors (Lipinski definition) is 6. The number of hydrogen-bond donors (Lipinski definition) is 2. The number of benzene rings is 3. The number of nitrogens with zero attached hydrogens (tertiary/aromatic N) is 4.